The summed E-state index contributed by atoms with van der Waals surface area (Å²) in [6.45, 7) is 1.07. The van der Waals surface area contributed by atoms with Crippen LogP contribution in [-0.4, -0.2) is 45.9 Å². The second-order valence-electron chi connectivity index (χ2n) is 4.05. The van der Waals surface area contributed by atoms with Gasteiger partial charge in [-0.2, -0.15) is 0 Å². The van der Waals surface area contributed by atoms with Crippen molar-refractivity contribution in [2.45, 2.75) is 13.0 Å². The minimum Gasteiger partial charge on any atom is -0.354 e. The highest BCUT2D eigenvalue weighted by atomic mass is 16.2. The van der Waals surface area contributed by atoms with Crippen molar-refractivity contribution in [3.8, 4) is 0 Å². The maximum absolute atomic E-state index is 12.0. The fourth-order valence-electron chi connectivity index (χ4n) is 1.77. The van der Waals surface area contributed by atoms with Crippen molar-refractivity contribution in [2.75, 3.05) is 19.6 Å². The number of nitrogens with one attached hydrogen (secondary N) is 1. The zero-order valence-corrected chi connectivity index (χ0v) is 9.83. The van der Waals surface area contributed by atoms with Crippen molar-refractivity contribution in [3.63, 3.8) is 0 Å². The van der Waals surface area contributed by atoms with Crippen LogP contribution in [0.3, 0.4) is 0 Å². The molecule has 0 spiro atoms. The molecule has 1 aromatic heterocycles. The second-order valence-corrected chi connectivity index (χ2v) is 4.05. The summed E-state index contributed by atoms with van der Waals surface area (Å²) >= 11 is 0. The third-order valence-electron chi connectivity index (χ3n) is 2.70. The summed E-state index contributed by atoms with van der Waals surface area (Å²) in [4.78, 5) is 39.7. The summed E-state index contributed by atoms with van der Waals surface area (Å²) < 4.78 is 1.23. The Hall–Kier alpha value is -2.18. The van der Waals surface area contributed by atoms with Crippen LogP contribution in [0.1, 0.15) is 6.42 Å². The summed E-state index contributed by atoms with van der Waals surface area (Å²) in [5.41, 5.74) is -0.467. The highest BCUT2D eigenvalue weighted by molar-refractivity contribution is 5.85. The molecule has 1 N–H and O–H groups in total. The molecule has 1 aliphatic rings. The van der Waals surface area contributed by atoms with Crippen molar-refractivity contribution in [3.05, 3.63) is 28.9 Å². The Morgan fingerprint density at radius 1 is 1.44 bits per heavy atom. The molecule has 7 nitrogen and oxygen atoms in total. The van der Waals surface area contributed by atoms with E-state index in [1.54, 1.807) is 6.07 Å². The van der Waals surface area contributed by atoms with Gasteiger partial charge in [-0.05, 0) is 12.5 Å². The molecule has 0 atom stereocenters. The van der Waals surface area contributed by atoms with Gasteiger partial charge in [0.25, 0.3) is 0 Å². The first-order valence-electron chi connectivity index (χ1n) is 5.73. The van der Waals surface area contributed by atoms with Crippen LogP contribution < -0.4 is 11.0 Å². The van der Waals surface area contributed by atoms with E-state index in [0.29, 0.717) is 13.1 Å². The molecule has 1 aliphatic heterocycles. The van der Waals surface area contributed by atoms with E-state index in [4.69, 9.17) is 0 Å². The first-order chi connectivity index (χ1) is 8.66. The van der Waals surface area contributed by atoms with Gasteiger partial charge in [0.1, 0.15) is 6.54 Å². The molecule has 7 heteroatoms. The number of hydrogen-bond acceptors (Lipinski definition) is 4. The van der Waals surface area contributed by atoms with E-state index in [1.165, 1.54) is 21.9 Å². The van der Waals surface area contributed by atoms with E-state index in [2.05, 4.69) is 10.3 Å². The van der Waals surface area contributed by atoms with Crippen LogP contribution in [0.2, 0.25) is 0 Å². The summed E-state index contributed by atoms with van der Waals surface area (Å²) in [6, 6.07) is 1.59. The molecule has 0 unspecified atom stereocenters. The molecule has 2 rings (SSSR count). The van der Waals surface area contributed by atoms with Gasteiger partial charge in [0.05, 0.1) is 6.54 Å². The lowest BCUT2D eigenvalue weighted by Crippen LogP contribution is -2.40. The Balaban J connectivity index is 2.05. The molecule has 2 heterocycles. The Kier molecular flexibility index (Phi) is 3.71. The van der Waals surface area contributed by atoms with Gasteiger partial charge in [-0.15, -0.1) is 0 Å². The molecule has 1 aromatic rings. The van der Waals surface area contributed by atoms with Crippen LogP contribution in [0.5, 0.6) is 0 Å². The number of amides is 2. The summed E-state index contributed by atoms with van der Waals surface area (Å²) in [5.74, 6) is -0.415. The van der Waals surface area contributed by atoms with Crippen molar-refractivity contribution in [1.82, 2.24) is 19.8 Å². The van der Waals surface area contributed by atoms with Crippen LogP contribution in [0, 0.1) is 0 Å². The number of aromatic nitrogens is 2. The van der Waals surface area contributed by atoms with Crippen LogP contribution in [0.15, 0.2) is 23.3 Å². The number of nitrogens with zero attached hydrogens (tertiary/aromatic N) is 3. The maximum atomic E-state index is 12.0. The van der Waals surface area contributed by atoms with Crippen molar-refractivity contribution in [2.24, 2.45) is 0 Å². The Morgan fingerprint density at radius 2 is 2.28 bits per heavy atom. The Morgan fingerprint density at radius 3 is 3.06 bits per heavy atom. The smallest absolute Gasteiger partial charge is 0.347 e. The van der Waals surface area contributed by atoms with Gasteiger partial charge in [-0.25, -0.2) is 9.78 Å². The van der Waals surface area contributed by atoms with Gasteiger partial charge in [-0.1, -0.05) is 0 Å². The molecule has 2 amide bonds. The van der Waals surface area contributed by atoms with E-state index in [-0.39, 0.29) is 24.9 Å². The molecule has 0 saturated carbocycles. The standard InChI is InChI=1S/C11H14N4O3/c16-9-7-14(5-1-3-12-9)10(17)8-15-6-2-4-13-11(15)18/h2,4,6H,1,3,5,7-8H2,(H,12,16). The predicted molar refractivity (Wildman–Crippen MR) is 62.7 cm³/mol. The largest absolute Gasteiger partial charge is 0.354 e. The lowest BCUT2D eigenvalue weighted by atomic mass is 10.3. The third kappa shape index (κ3) is 2.93. The van der Waals surface area contributed by atoms with Gasteiger partial charge < -0.3 is 10.2 Å². The fraction of sp³-hybridized carbons (Fsp3) is 0.455. The van der Waals surface area contributed by atoms with E-state index in [1.807, 2.05) is 0 Å². The number of carbonyl (C=O) groups is 2. The van der Waals surface area contributed by atoms with Gasteiger partial charge in [-0.3, -0.25) is 14.2 Å². The predicted octanol–water partition coefficient (Wildman–Crippen LogP) is -1.41. The highest BCUT2D eigenvalue weighted by Crippen LogP contribution is 1.98. The monoisotopic (exact) mass is 250 g/mol. The molecule has 0 bridgehead atoms. The molecule has 96 valence electrons. The molecule has 0 aromatic carbocycles. The average Bonchev–Trinajstić information content (AvgIpc) is 2.57. The van der Waals surface area contributed by atoms with Crippen LogP contribution in [0.4, 0.5) is 0 Å². The van der Waals surface area contributed by atoms with E-state index >= 15 is 0 Å². The normalized spacial score (nSPS) is 16.0. The summed E-state index contributed by atoms with van der Waals surface area (Å²) in [6.07, 6.45) is 3.60. The first kappa shape index (κ1) is 12.3. The number of hydrogen-bond donors (Lipinski definition) is 1. The summed E-state index contributed by atoms with van der Waals surface area (Å²) in [5, 5.41) is 2.69. The Bertz CT molecular complexity index is 511. The van der Waals surface area contributed by atoms with Crippen LogP contribution in [0.25, 0.3) is 0 Å². The lowest BCUT2D eigenvalue weighted by molar-refractivity contribution is -0.135. The molecule has 0 aliphatic carbocycles. The molecule has 1 fully saturated rings. The van der Waals surface area contributed by atoms with Gasteiger partial charge in [0, 0.05) is 25.5 Å². The van der Waals surface area contributed by atoms with E-state index in [9.17, 15) is 14.4 Å². The van der Waals surface area contributed by atoms with Gasteiger partial charge in [0.2, 0.25) is 11.8 Å². The molecular weight excluding hydrogens is 236 g/mol. The average molecular weight is 250 g/mol. The minimum atomic E-state index is -0.467. The van der Waals surface area contributed by atoms with Gasteiger partial charge >= 0.3 is 5.69 Å². The fourth-order valence-corrected chi connectivity index (χ4v) is 1.77. The van der Waals surface area contributed by atoms with Gasteiger partial charge in [0.15, 0.2) is 0 Å². The number of rotatable bonds is 2. The third-order valence-corrected chi connectivity index (χ3v) is 2.70. The maximum Gasteiger partial charge on any atom is 0.347 e. The number of carbonyl (C=O) groups excluding carboxylic acids is 2. The quantitative estimate of drug-likeness (QED) is 0.699. The van der Waals surface area contributed by atoms with Crippen molar-refractivity contribution in [1.29, 1.82) is 0 Å². The highest BCUT2D eigenvalue weighted by Gasteiger charge is 2.19. The summed E-state index contributed by atoms with van der Waals surface area (Å²) in [7, 11) is 0. The minimum absolute atomic E-state index is 0.0495. The van der Waals surface area contributed by atoms with Crippen molar-refractivity contribution >= 4 is 11.8 Å². The van der Waals surface area contributed by atoms with Crippen LogP contribution >= 0.6 is 0 Å². The van der Waals surface area contributed by atoms with Crippen molar-refractivity contribution < 1.29 is 9.59 Å². The zero-order chi connectivity index (χ0) is 13.0. The van der Waals surface area contributed by atoms with E-state index < -0.39 is 5.69 Å². The SMILES string of the molecule is O=C1CN(C(=O)Cn2cccnc2=O)CCCN1. The second kappa shape index (κ2) is 5.44. The molecule has 1 saturated heterocycles. The van der Waals surface area contributed by atoms with Crippen LogP contribution in [-0.2, 0) is 16.1 Å². The zero-order valence-electron chi connectivity index (χ0n) is 9.83. The molecule has 18 heavy (non-hydrogen) atoms. The van der Waals surface area contributed by atoms with E-state index in [0.717, 1.165) is 6.42 Å². The lowest BCUT2D eigenvalue weighted by Gasteiger charge is -2.19. The topological polar surface area (TPSA) is 84.3 Å². The molecular formula is C11H14N4O3. The molecule has 0 radical (unpaired) electrons. The Labute approximate surface area is 103 Å². The first-order valence-corrected chi connectivity index (χ1v) is 5.73.